The minimum atomic E-state index is 0.257. The van der Waals surface area contributed by atoms with Crippen molar-refractivity contribution in [3.8, 4) is 22.9 Å². The van der Waals surface area contributed by atoms with Crippen LogP contribution in [0.4, 0.5) is 11.4 Å². The Bertz CT molecular complexity index is 1730. The third-order valence-electron chi connectivity index (χ3n) is 9.26. The highest BCUT2D eigenvalue weighted by Crippen LogP contribution is 2.52. The van der Waals surface area contributed by atoms with Crippen LogP contribution in [-0.4, -0.2) is 94.9 Å². The number of methoxy groups -OCH3 is 1. The number of ether oxygens (including phenoxy) is 5. The molecule has 4 aromatic rings. The Morgan fingerprint density at radius 2 is 1.62 bits per heavy atom. The van der Waals surface area contributed by atoms with Crippen LogP contribution < -0.4 is 19.7 Å². The number of benzene rings is 3. The molecule has 48 heavy (non-hydrogen) atoms. The molecule has 0 saturated carbocycles. The fraction of sp³-hybridized carbons (Fsp3) is 0.378. The van der Waals surface area contributed by atoms with E-state index in [0.29, 0.717) is 31.7 Å². The summed E-state index contributed by atoms with van der Waals surface area (Å²) in [4.78, 5) is 14.9. The lowest BCUT2D eigenvalue weighted by molar-refractivity contribution is 0.0131. The molecule has 11 heteroatoms. The van der Waals surface area contributed by atoms with Gasteiger partial charge in [0, 0.05) is 68.8 Å². The van der Waals surface area contributed by atoms with E-state index in [1.54, 1.807) is 7.11 Å². The molecule has 4 aliphatic heterocycles. The molecule has 0 unspecified atom stereocenters. The van der Waals surface area contributed by atoms with Crippen molar-refractivity contribution in [1.82, 2.24) is 9.88 Å². The first-order valence-electron chi connectivity index (χ1n) is 16.6. The molecule has 4 aliphatic rings. The number of morpholine rings is 2. The van der Waals surface area contributed by atoms with Gasteiger partial charge in [-0.2, -0.15) is 0 Å². The average Bonchev–Trinajstić information content (AvgIpc) is 3.61. The van der Waals surface area contributed by atoms with E-state index in [4.69, 9.17) is 28.7 Å². The van der Waals surface area contributed by atoms with Crippen molar-refractivity contribution in [3.63, 3.8) is 0 Å². The summed E-state index contributed by atoms with van der Waals surface area (Å²) in [7, 11) is 1.68. The van der Waals surface area contributed by atoms with Crippen molar-refractivity contribution in [2.75, 3.05) is 83.1 Å². The van der Waals surface area contributed by atoms with Crippen LogP contribution in [-0.2, 0) is 20.8 Å². The van der Waals surface area contributed by atoms with Crippen molar-refractivity contribution in [2.45, 2.75) is 38.3 Å². The minimum absolute atomic E-state index is 0.257. The predicted molar refractivity (Wildman–Crippen MR) is 189 cm³/mol. The van der Waals surface area contributed by atoms with Crippen molar-refractivity contribution < 1.29 is 23.7 Å². The first-order valence-corrected chi connectivity index (χ1v) is 18.2. The number of hydrogen-bond donors (Lipinski definition) is 1. The van der Waals surface area contributed by atoms with Gasteiger partial charge in [-0.3, -0.25) is 4.90 Å². The Morgan fingerprint density at radius 3 is 2.44 bits per heavy atom. The first-order chi connectivity index (χ1) is 23.7. The van der Waals surface area contributed by atoms with Crippen LogP contribution in [0.15, 0.2) is 92.4 Å². The maximum absolute atomic E-state index is 6.33. The SMILES string of the molecule is COc1ccc(COc2cc(N3CCOCC3)cc(-c3cccc4c3Sc3ccc(N[C@H]5COC[C@@H]5N5CCOCC5)cc3S4)n2)cc1. The Labute approximate surface area is 290 Å². The van der Waals surface area contributed by atoms with E-state index < -0.39 is 0 Å². The predicted octanol–water partition coefficient (Wildman–Crippen LogP) is 6.30. The molecule has 250 valence electrons. The molecule has 0 bridgehead atoms. The molecule has 0 spiro atoms. The molecular formula is C37H40N4O5S2. The minimum Gasteiger partial charge on any atom is -0.497 e. The monoisotopic (exact) mass is 684 g/mol. The van der Waals surface area contributed by atoms with Crippen LogP contribution in [0.5, 0.6) is 11.6 Å². The number of nitrogens with one attached hydrogen (secondary N) is 1. The summed E-state index contributed by atoms with van der Waals surface area (Å²) in [6.45, 7) is 8.50. The third-order valence-corrected chi connectivity index (χ3v) is 11.9. The van der Waals surface area contributed by atoms with E-state index in [1.807, 2.05) is 47.8 Å². The van der Waals surface area contributed by atoms with Gasteiger partial charge in [-0.05, 0) is 48.0 Å². The summed E-state index contributed by atoms with van der Waals surface area (Å²) in [5.41, 5.74) is 5.31. The summed E-state index contributed by atoms with van der Waals surface area (Å²) < 4.78 is 28.8. The molecule has 8 rings (SSSR count). The fourth-order valence-corrected chi connectivity index (χ4v) is 9.05. The average molecular weight is 685 g/mol. The topological polar surface area (TPSA) is 77.5 Å². The fourth-order valence-electron chi connectivity index (χ4n) is 6.64. The van der Waals surface area contributed by atoms with Gasteiger partial charge in [-0.1, -0.05) is 47.8 Å². The second-order valence-electron chi connectivity index (χ2n) is 12.3. The maximum Gasteiger partial charge on any atom is 0.216 e. The van der Waals surface area contributed by atoms with Crippen LogP contribution >= 0.6 is 23.5 Å². The first kappa shape index (κ1) is 31.8. The Hall–Kier alpha value is -3.45. The summed E-state index contributed by atoms with van der Waals surface area (Å²) in [5, 5.41) is 3.80. The second-order valence-corrected chi connectivity index (χ2v) is 14.4. The summed E-state index contributed by atoms with van der Waals surface area (Å²) in [6.07, 6.45) is 0. The van der Waals surface area contributed by atoms with Gasteiger partial charge in [-0.25, -0.2) is 4.98 Å². The quantitative estimate of drug-likeness (QED) is 0.190. The molecule has 1 aromatic heterocycles. The van der Waals surface area contributed by atoms with Gasteiger partial charge in [0.25, 0.3) is 0 Å². The molecule has 0 amide bonds. The van der Waals surface area contributed by atoms with Crippen LogP contribution in [0.3, 0.4) is 0 Å². The highest BCUT2D eigenvalue weighted by molar-refractivity contribution is 8.05. The van der Waals surface area contributed by atoms with Crippen LogP contribution in [0.2, 0.25) is 0 Å². The zero-order chi connectivity index (χ0) is 32.3. The summed E-state index contributed by atoms with van der Waals surface area (Å²) >= 11 is 3.64. The van der Waals surface area contributed by atoms with Gasteiger partial charge in [-0.15, -0.1) is 0 Å². The summed E-state index contributed by atoms with van der Waals surface area (Å²) in [5.74, 6) is 1.44. The molecule has 1 N–H and O–H groups in total. The molecule has 2 atom stereocenters. The smallest absolute Gasteiger partial charge is 0.216 e. The molecule has 3 saturated heterocycles. The highest BCUT2D eigenvalue weighted by Gasteiger charge is 2.34. The zero-order valence-electron chi connectivity index (χ0n) is 27.1. The van der Waals surface area contributed by atoms with E-state index in [-0.39, 0.29) is 6.04 Å². The molecule has 0 radical (unpaired) electrons. The van der Waals surface area contributed by atoms with E-state index in [2.05, 4.69) is 63.6 Å². The number of nitrogens with zero attached hydrogens (tertiary/aromatic N) is 3. The zero-order valence-corrected chi connectivity index (χ0v) is 28.7. The van der Waals surface area contributed by atoms with Gasteiger partial charge in [0.2, 0.25) is 5.88 Å². The Balaban J connectivity index is 1.04. The van der Waals surface area contributed by atoms with Gasteiger partial charge in [0.15, 0.2) is 0 Å². The lowest BCUT2D eigenvalue weighted by Gasteiger charge is -2.35. The van der Waals surface area contributed by atoms with Gasteiger partial charge in [0.1, 0.15) is 12.4 Å². The number of fused-ring (bicyclic) bond motifs is 2. The molecule has 3 fully saturated rings. The van der Waals surface area contributed by atoms with Gasteiger partial charge >= 0.3 is 0 Å². The van der Waals surface area contributed by atoms with Crippen LogP contribution in [0.25, 0.3) is 11.3 Å². The molecular weight excluding hydrogens is 645 g/mol. The third kappa shape index (κ3) is 6.99. The van der Waals surface area contributed by atoms with Crippen LogP contribution in [0.1, 0.15) is 5.56 Å². The standard InChI is InChI=1S/C37H40N4O5S2/c1-42-28-8-5-25(6-9-28)22-46-36-21-27(40-11-15-43-16-12-40)20-30(39-36)29-3-2-4-34-37(29)48-33-10-7-26(19-35(33)47-34)38-31-23-45-24-32(31)41-13-17-44-18-14-41/h2-10,19-21,31-32,38H,11-18,22-24H2,1H3/t31-,32-/m0/s1. The van der Waals surface area contributed by atoms with Crippen molar-refractivity contribution >= 4 is 34.9 Å². The molecule has 3 aromatic carbocycles. The van der Waals surface area contributed by atoms with Crippen LogP contribution in [0, 0.1) is 0 Å². The van der Waals surface area contributed by atoms with Crippen molar-refractivity contribution in [1.29, 1.82) is 0 Å². The second kappa shape index (κ2) is 14.6. The number of pyridine rings is 1. The lowest BCUT2D eigenvalue weighted by atomic mass is 10.1. The maximum atomic E-state index is 6.33. The van der Waals surface area contributed by atoms with Gasteiger partial charge in [0.05, 0.1) is 64.5 Å². The van der Waals surface area contributed by atoms with E-state index >= 15 is 0 Å². The van der Waals surface area contributed by atoms with E-state index in [0.717, 1.165) is 86.6 Å². The number of hydrogen-bond acceptors (Lipinski definition) is 11. The van der Waals surface area contributed by atoms with E-state index in [1.165, 1.54) is 19.6 Å². The number of rotatable bonds is 9. The number of aromatic nitrogens is 1. The Morgan fingerprint density at radius 1 is 0.812 bits per heavy atom. The van der Waals surface area contributed by atoms with E-state index in [9.17, 15) is 0 Å². The van der Waals surface area contributed by atoms with Crippen molar-refractivity contribution in [2.24, 2.45) is 0 Å². The lowest BCUT2D eigenvalue weighted by Crippen LogP contribution is -2.50. The molecule has 9 nitrogen and oxygen atoms in total. The Kier molecular flexibility index (Phi) is 9.65. The number of anilines is 2. The normalized spacial score (nSPS) is 21.0. The largest absolute Gasteiger partial charge is 0.497 e. The molecule has 5 heterocycles. The molecule has 0 aliphatic carbocycles. The summed E-state index contributed by atoms with van der Waals surface area (Å²) in [6, 6.07) is 26.1. The van der Waals surface area contributed by atoms with Crippen molar-refractivity contribution in [3.05, 3.63) is 78.4 Å². The van der Waals surface area contributed by atoms with Gasteiger partial charge < -0.3 is 33.9 Å². The highest BCUT2D eigenvalue weighted by atomic mass is 32.2.